The minimum Gasteiger partial charge on any atom is -0.469 e. The molecule has 0 aromatic carbocycles. The summed E-state index contributed by atoms with van der Waals surface area (Å²) in [6.45, 7) is 5.55. The Kier molecular flexibility index (Phi) is 8.36. The fourth-order valence-corrected chi connectivity index (χ4v) is 1.47. The van der Waals surface area contributed by atoms with E-state index in [0.29, 0.717) is 6.42 Å². The van der Waals surface area contributed by atoms with Crippen molar-refractivity contribution in [2.75, 3.05) is 7.11 Å². The third-order valence-corrected chi connectivity index (χ3v) is 2.45. The molecule has 0 amide bonds. The molecule has 4 heteroatoms. The van der Waals surface area contributed by atoms with Gasteiger partial charge in [0, 0.05) is 0 Å². The van der Waals surface area contributed by atoms with E-state index in [-0.39, 0.29) is 12.8 Å². The molecule has 0 saturated heterocycles. The molecule has 0 aromatic heterocycles. The summed E-state index contributed by atoms with van der Waals surface area (Å²) in [5.41, 5.74) is 1.13. The fraction of sp³-hybridized carbons (Fsp3) is 0.615. The lowest BCUT2D eigenvalue weighted by Crippen LogP contribution is -2.21. The molecule has 0 aliphatic carbocycles. The summed E-state index contributed by atoms with van der Waals surface area (Å²) in [4.78, 5) is 10.9. The molecule has 98 valence electrons. The number of methoxy groups -OCH3 is 1. The molecule has 0 fully saturated rings. The van der Waals surface area contributed by atoms with E-state index in [9.17, 15) is 15.0 Å². The van der Waals surface area contributed by atoms with Crippen molar-refractivity contribution in [1.82, 2.24) is 0 Å². The van der Waals surface area contributed by atoms with E-state index in [4.69, 9.17) is 0 Å². The first kappa shape index (κ1) is 15.9. The Hall–Kier alpha value is -1.13. The molecule has 4 nitrogen and oxygen atoms in total. The molecule has 0 bridgehead atoms. The van der Waals surface area contributed by atoms with Crippen LogP contribution in [0.15, 0.2) is 24.3 Å². The van der Waals surface area contributed by atoms with Crippen LogP contribution in [-0.4, -0.2) is 35.5 Å². The number of allylic oxidation sites excluding steroid dienone is 3. The number of hydrogen-bond acceptors (Lipinski definition) is 4. The summed E-state index contributed by atoms with van der Waals surface area (Å²) < 4.78 is 4.43. The van der Waals surface area contributed by atoms with Gasteiger partial charge in [-0.3, -0.25) is 4.79 Å². The molecule has 0 rings (SSSR count). The topological polar surface area (TPSA) is 66.8 Å². The average molecular weight is 242 g/mol. The zero-order valence-electron chi connectivity index (χ0n) is 10.6. The molecular formula is C13H22O4. The van der Waals surface area contributed by atoms with Crippen molar-refractivity contribution in [3.05, 3.63) is 24.3 Å². The highest BCUT2D eigenvalue weighted by Gasteiger charge is 2.15. The first-order chi connectivity index (χ1) is 7.99. The van der Waals surface area contributed by atoms with Crippen LogP contribution in [0.3, 0.4) is 0 Å². The molecule has 0 aliphatic rings. The standard InChI is InChI=1S/C13H22O4/c1-4-5-10(2)6-7-11(14)8-12(15)9-13(16)17-3/h4-5,11-12,14-15H,1,6-9H2,2-3H3/b10-5+/t11-,12+/m1/s1. The van der Waals surface area contributed by atoms with E-state index >= 15 is 0 Å². The molecule has 0 unspecified atom stereocenters. The van der Waals surface area contributed by atoms with Gasteiger partial charge in [0.1, 0.15) is 0 Å². The van der Waals surface area contributed by atoms with Crippen molar-refractivity contribution in [3.8, 4) is 0 Å². The van der Waals surface area contributed by atoms with Gasteiger partial charge in [-0.15, -0.1) is 0 Å². The maximum Gasteiger partial charge on any atom is 0.308 e. The van der Waals surface area contributed by atoms with E-state index in [1.807, 2.05) is 13.0 Å². The second-order valence-electron chi connectivity index (χ2n) is 4.11. The number of aliphatic hydroxyl groups is 2. The van der Waals surface area contributed by atoms with Gasteiger partial charge >= 0.3 is 5.97 Å². The summed E-state index contributed by atoms with van der Waals surface area (Å²) >= 11 is 0. The van der Waals surface area contributed by atoms with Gasteiger partial charge in [0.25, 0.3) is 0 Å². The van der Waals surface area contributed by atoms with Crippen LogP contribution in [-0.2, 0) is 9.53 Å². The van der Waals surface area contributed by atoms with Gasteiger partial charge in [-0.25, -0.2) is 0 Å². The Labute approximate surface area is 103 Å². The second kappa shape index (κ2) is 8.96. The Morgan fingerprint density at radius 3 is 2.59 bits per heavy atom. The quantitative estimate of drug-likeness (QED) is 0.501. The van der Waals surface area contributed by atoms with Crippen molar-refractivity contribution >= 4 is 5.97 Å². The van der Waals surface area contributed by atoms with Crippen LogP contribution >= 0.6 is 0 Å². The predicted octanol–water partition coefficient (Wildman–Crippen LogP) is 1.57. The largest absolute Gasteiger partial charge is 0.469 e. The van der Waals surface area contributed by atoms with Crippen LogP contribution in [0.5, 0.6) is 0 Å². The van der Waals surface area contributed by atoms with E-state index < -0.39 is 18.2 Å². The van der Waals surface area contributed by atoms with Crippen molar-refractivity contribution in [3.63, 3.8) is 0 Å². The average Bonchev–Trinajstić information content (AvgIpc) is 2.26. The third-order valence-electron chi connectivity index (χ3n) is 2.45. The van der Waals surface area contributed by atoms with Gasteiger partial charge in [0.05, 0.1) is 25.7 Å². The number of aliphatic hydroxyl groups excluding tert-OH is 2. The molecule has 0 saturated carbocycles. The zero-order valence-corrected chi connectivity index (χ0v) is 10.6. The van der Waals surface area contributed by atoms with Crippen molar-refractivity contribution < 1.29 is 19.7 Å². The fourth-order valence-electron chi connectivity index (χ4n) is 1.47. The van der Waals surface area contributed by atoms with Gasteiger partial charge in [-0.1, -0.05) is 24.3 Å². The zero-order chi connectivity index (χ0) is 13.3. The minimum atomic E-state index is -0.846. The maximum absolute atomic E-state index is 10.9. The Morgan fingerprint density at radius 2 is 2.06 bits per heavy atom. The SMILES string of the molecule is C=C/C=C(\C)CC[C@@H](O)C[C@H](O)CC(=O)OC. The summed E-state index contributed by atoms with van der Waals surface area (Å²) in [7, 11) is 1.27. The van der Waals surface area contributed by atoms with Crippen LogP contribution in [0.25, 0.3) is 0 Å². The van der Waals surface area contributed by atoms with Gasteiger partial charge in [-0.2, -0.15) is 0 Å². The summed E-state index contributed by atoms with van der Waals surface area (Å²) in [6, 6.07) is 0. The number of carbonyl (C=O) groups excluding carboxylic acids is 1. The lowest BCUT2D eigenvalue weighted by atomic mass is 10.0. The monoisotopic (exact) mass is 242 g/mol. The molecule has 2 atom stereocenters. The van der Waals surface area contributed by atoms with Crippen LogP contribution in [0.2, 0.25) is 0 Å². The van der Waals surface area contributed by atoms with Gasteiger partial charge in [-0.05, 0) is 26.2 Å². The molecule has 2 N–H and O–H groups in total. The predicted molar refractivity (Wildman–Crippen MR) is 66.5 cm³/mol. The summed E-state index contributed by atoms with van der Waals surface area (Å²) in [6.07, 6.45) is 3.56. The van der Waals surface area contributed by atoms with E-state index in [1.54, 1.807) is 6.08 Å². The van der Waals surface area contributed by atoms with Gasteiger partial charge < -0.3 is 14.9 Å². The van der Waals surface area contributed by atoms with Crippen LogP contribution in [0.1, 0.15) is 32.6 Å². The maximum atomic E-state index is 10.9. The first-order valence-electron chi connectivity index (χ1n) is 5.70. The smallest absolute Gasteiger partial charge is 0.308 e. The molecule has 0 heterocycles. The second-order valence-corrected chi connectivity index (χ2v) is 4.11. The Morgan fingerprint density at radius 1 is 1.41 bits per heavy atom. The van der Waals surface area contributed by atoms with Crippen LogP contribution in [0, 0.1) is 0 Å². The lowest BCUT2D eigenvalue weighted by Gasteiger charge is -2.14. The molecule has 0 aromatic rings. The van der Waals surface area contributed by atoms with E-state index in [2.05, 4.69) is 11.3 Å². The number of esters is 1. The molecule has 17 heavy (non-hydrogen) atoms. The summed E-state index contributed by atoms with van der Waals surface area (Å²) in [5.74, 6) is -0.465. The summed E-state index contributed by atoms with van der Waals surface area (Å²) in [5, 5.41) is 19.2. The highest BCUT2D eigenvalue weighted by Crippen LogP contribution is 2.12. The number of carbonyl (C=O) groups is 1. The number of hydrogen-bond donors (Lipinski definition) is 2. The van der Waals surface area contributed by atoms with Crippen LogP contribution < -0.4 is 0 Å². The lowest BCUT2D eigenvalue weighted by molar-refractivity contribution is -0.143. The Bertz CT molecular complexity index is 271. The first-order valence-corrected chi connectivity index (χ1v) is 5.70. The van der Waals surface area contributed by atoms with E-state index in [1.165, 1.54) is 7.11 Å². The molecule has 0 spiro atoms. The van der Waals surface area contributed by atoms with Crippen molar-refractivity contribution in [2.24, 2.45) is 0 Å². The molecular weight excluding hydrogens is 220 g/mol. The Balaban J connectivity index is 3.85. The van der Waals surface area contributed by atoms with Crippen molar-refractivity contribution in [2.45, 2.75) is 44.8 Å². The van der Waals surface area contributed by atoms with Crippen molar-refractivity contribution in [1.29, 1.82) is 0 Å². The van der Waals surface area contributed by atoms with Crippen LogP contribution in [0.4, 0.5) is 0 Å². The van der Waals surface area contributed by atoms with Gasteiger partial charge in [0.2, 0.25) is 0 Å². The highest BCUT2D eigenvalue weighted by atomic mass is 16.5. The van der Waals surface area contributed by atoms with Gasteiger partial charge in [0.15, 0.2) is 0 Å². The highest BCUT2D eigenvalue weighted by molar-refractivity contribution is 5.69. The third kappa shape index (κ3) is 8.65. The molecule has 0 radical (unpaired) electrons. The normalized spacial score (nSPS) is 15.2. The number of rotatable bonds is 8. The minimum absolute atomic E-state index is 0.0744. The molecule has 0 aliphatic heterocycles. The number of ether oxygens (including phenoxy) is 1. The van der Waals surface area contributed by atoms with E-state index in [0.717, 1.165) is 12.0 Å².